The van der Waals surface area contributed by atoms with Crippen molar-refractivity contribution in [2.24, 2.45) is 0 Å². The van der Waals surface area contributed by atoms with Crippen molar-refractivity contribution >= 4 is 11.8 Å². The second kappa shape index (κ2) is 4.72. The molecule has 114 valence electrons. The summed E-state index contributed by atoms with van der Waals surface area (Å²) >= 11 is 0. The van der Waals surface area contributed by atoms with E-state index in [-0.39, 0.29) is 18.4 Å². The first-order valence-corrected chi connectivity index (χ1v) is 7.26. The van der Waals surface area contributed by atoms with Gasteiger partial charge in [0.05, 0.1) is 23.9 Å². The van der Waals surface area contributed by atoms with Gasteiger partial charge in [0.1, 0.15) is 0 Å². The summed E-state index contributed by atoms with van der Waals surface area (Å²) in [7, 11) is 0. The monoisotopic (exact) mass is 301 g/mol. The second-order valence-electron chi connectivity index (χ2n) is 5.71. The smallest absolute Gasteiger partial charge is 0.239 e. The number of amides is 2. The lowest BCUT2D eigenvalue weighted by Gasteiger charge is -2.29. The summed E-state index contributed by atoms with van der Waals surface area (Å²) in [5.74, 6) is 0.934. The van der Waals surface area contributed by atoms with Gasteiger partial charge in [-0.15, -0.1) is 0 Å². The van der Waals surface area contributed by atoms with Crippen molar-refractivity contribution in [3.63, 3.8) is 0 Å². The predicted molar refractivity (Wildman–Crippen MR) is 74.7 cm³/mol. The van der Waals surface area contributed by atoms with Crippen molar-refractivity contribution in [2.45, 2.75) is 18.3 Å². The van der Waals surface area contributed by atoms with Crippen LogP contribution in [0.1, 0.15) is 18.5 Å². The van der Waals surface area contributed by atoms with Gasteiger partial charge < -0.3 is 19.2 Å². The van der Waals surface area contributed by atoms with Gasteiger partial charge in [0.2, 0.25) is 17.6 Å². The van der Waals surface area contributed by atoms with E-state index in [0.717, 1.165) is 12.8 Å². The number of piperazine rings is 1. The number of nitrogens with one attached hydrogen (secondary N) is 1. The molecule has 2 aliphatic rings. The van der Waals surface area contributed by atoms with E-state index >= 15 is 0 Å². The Morgan fingerprint density at radius 2 is 2.23 bits per heavy atom. The molecule has 1 saturated heterocycles. The fraction of sp³-hybridized carbons (Fsp3) is 0.400. The van der Waals surface area contributed by atoms with E-state index in [2.05, 4.69) is 10.5 Å². The Kier molecular flexibility index (Phi) is 2.82. The van der Waals surface area contributed by atoms with Crippen LogP contribution in [0, 0.1) is 0 Å². The molecule has 0 atom stereocenters. The van der Waals surface area contributed by atoms with E-state index in [1.54, 1.807) is 29.4 Å². The first kappa shape index (κ1) is 13.1. The van der Waals surface area contributed by atoms with Crippen molar-refractivity contribution < 1.29 is 18.5 Å². The SMILES string of the molecule is O=C1CN(C(=O)C2(c3cc(-c4ccco4)on3)CC2)CCN1. The number of hydrogen-bond donors (Lipinski definition) is 1. The predicted octanol–water partition coefficient (Wildman–Crippen LogP) is 0.925. The average molecular weight is 301 g/mol. The average Bonchev–Trinajstić information content (AvgIpc) is 2.95. The second-order valence-corrected chi connectivity index (χ2v) is 5.71. The highest BCUT2D eigenvalue weighted by molar-refractivity contribution is 5.94. The fourth-order valence-electron chi connectivity index (χ4n) is 2.85. The van der Waals surface area contributed by atoms with Crippen LogP contribution in [-0.4, -0.2) is 41.5 Å². The summed E-state index contributed by atoms with van der Waals surface area (Å²) in [5, 5.41) is 6.78. The van der Waals surface area contributed by atoms with Crippen LogP contribution in [0.4, 0.5) is 0 Å². The van der Waals surface area contributed by atoms with Crippen LogP contribution in [0.5, 0.6) is 0 Å². The van der Waals surface area contributed by atoms with Crippen molar-refractivity contribution in [2.75, 3.05) is 19.6 Å². The largest absolute Gasteiger partial charge is 0.461 e. The summed E-state index contributed by atoms with van der Waals surface area (Å²) in [5.41, 5.74) is -0.0127. The molecular weight excluding hydrogens is 286 g/mol. The van der Waals surface area contributed by atoms with Gasteiger partial charge in [-0.2, -0.15) is 0 Å². The Morgan fingerprint density at radius 3 is 2.91 bits per heavy atom. The van der Waals surface area contributed by atoms with E-state index < -0.39 is 5.41 Å². The zero-order valence-corrected chi connectivity index (χ0v) is 11.9. The number of carbonyl (C=O) groups is 2. The maximum absolute atomic E-state index is 12.8. The number of hydrogen-bond acceptors (Lipinski definition) is 5. The molecule has 0 radical (unpaired) electrons. The lowest BCUT2D eigenvalue weighted by molar-refractivity contribution is -0.140. The topological polar surface area (TPSA) is 88.6 Å². The minimum absolute atomic E-state index is 0.0401. The van der Waals surface area contributed by atoms with Gasteiger partial charge in [0, 0.05) is 19.2 Å². The Balaban J connectivity index is 1.59. The van der Waals surface area contributed by atoms with Gasteiger partial charge in [-0.25, -0.2) is 0 Å². The molecule has 1 N–H and O–H groups in total. The number of aromatic nitrogens is 1. The lowest BCUT2D eigenvalue weighted by Crippen LogP contribution is -2.52. The molecule has 0 spiro atoms. The first-order valence-electron chi connectivity index (χ1n) is 7.26. The van der Waals surface area contributed by atoms with Crippen LogP contribution in [-0.2, 0) is 15.0 Å². The normalized spacial score (nSPS) is 19.8. The van der Waals surface area contributed by atoms with E-state index in [4.69, 9.17) is 8.94 Å². The molecule has 0 bridgehead atoms. The summed E-state index contributed by atoms with van der Waals surface area (Å²) in [6.07, 6.45) is 3.02. The minimum atomic E-state index is -0.633. The molecule has 7 heteroatoms. The highest BCUT2D eigenvalue weighted by Gasteiger charge is 2.55. The summed E-state index contributed by atoms with van der Waals surface area (Å²) < 4.78 is 10.6. The van der Waals surface area contributed by atoms with Crippen LogP contribution >= 0.6 is 0 Å². The molecule has 3 heterocycles. The van der Waals surface area contributed by atoms with Crippen molar-refractivity contribution in [1.82, 2.24) is 15.4 Å². The maximum atomic E-state index is 12.8. The van der Waals surface area contributed by atoms with E-state index in [0.29, 0.717) is 30.3 Å². The third kappa shape index (κ3) is 2.01. The van der Waals surface area contributed by atoms with Crippen molar-refractivity contribution in [3.05, 3.63) is 30.2 Å². The zero-order valence-electron chi connectivity index (χ0n) is 11.9. The maximum Gasteiger partial charge on any atom is 0.239 e. The number of furan rings is 1. The minimum Gasteiger partial charge on any atom is -0.461 e. The summed E-state index contributed by atoms with van der Waals surface area (Å²) in [6, 6.07) is 5.30. The van der Waals surface area contributed by atoms with Crippen LogP contribution in [0.2, 0.25) is 0 Å². The van der Waals surface area contributed by atoms with Gasteiger partial charge in [-0.3, -0.25) is 9.59 Å². The van der Waals surface area contributed by atoms with Crippen LogP contribution in [0.15, 0.2) is 33.4 Å². The third-order valence-electron chi connectivity index (χ3n) is 4.25. The molecule has 1 aliphatic carbocycles. The molecular formula is C15H15N3O4. The third-order valence-corrected chi connectivity index (χ3v) is 4.25. The van der Waals surface area contributed by atoms with Gasteiger partial charge in [0.25, 0.3) is 0 Å². The quantitative estimate of drug-likeness (QED) is 0.911. The Morgan fingerprint density at radius 1 is 1.36 bits per heavy atom. The molecule has 0 unspecified atom stereocenters. The number of rotatable bonds is 3. The highest BCUT2D eigenvalue weighted by atomic mass is 16.5. The van der Waals surface area contributed by atoms with Gasteiger partial charge >= 0.3 is 0 Å². The lowest BCUT2D eigenvalue weighted by atomic mass is 9.99. The van der Waals surface area contributed by atoms with E-state index in [1.807, 2.05) is 0 Å². The molecule has 2 fully saturated rings. The fourth-order valence-corrected chi connectivity index (χ4v) is 2.85. The van der Waals surface area contributed by atoms with Crippen LogP contribution in [0.25, 0.3) is 11.5 Å². The van der Waals surface area contributed by atoms with Gasteiger partial charge in [-0.1, -0.05) is 5.16 Å². The molecule has 1 aliphatic heterocycles. The molecule has 7 nitrogen and oxygen atoms in total. The molecule has 1 saturated carbocycles. The first-order chi connectivity index (χ1) is 10.7. The molecule has 22 heavy (non-hydrogen) atoms. The van der Waals surface area contributed by atoms with Crippen molar-refractivity contribution in [1.29, 1.82) is 0 Å². The molecule has 2 aromatic heterocycles. The standard InChI is InChI=1S/C15H15N3O4/c19-13-9-18(6-5-16-13)14(20)15(3-4-15)12-8-11(22-17-12)10-2-1-7-21-10/h1-2,7-8H,3-6,9H2,(H,16,19). The summed E-state index contributed by atoms with van der Waals surface area (Å²) in [4.78, 5) is 25.8. The molecule has 2 aromatic rings. The Labute approximate surface area is 126 Å². The van der Waals surface area contributed by atoms with E-state index in [9.17, 15) is 9.59 Å². The Bertz CT molecular complexity index is 715. The van der Waals surface area contributed by atoms with Crippen LogP contribution < -0.4 is 5.32 Å². The molecule has 0 aromatic carbocycles. The summed E-state index contributed by atoms with van der Waals surface area (Å²) in [6.45, 7) is 1.15. The van der Waals surface area contributed by atoms with Crippen LogP contribution in [0.3, 0.4) is 0 Å². The number of nitrogens with zero attached hydrogens (tertiary/aromatic N) is 2. The molecule has 4 rings (SSSR count). The Hall–Kier alpha value is -2.57. The van der Waals surface area contributed by atoms with Crippen molar-refractivity contribution in [3.8, 4) is 11.5 Å². The van der Waals surface area contributed by atoms with Gasteiger partial charge in [-0.05, 0) is 25.0 Å². The van der Waals surface area contributed by atoms with E-state index in [1.165, 1.54) is 0 Å². The molecule has 2 amide bonds. The number of carbonyl (C=O) groups excluding carboxylic acids is 2. The zero-order chi connectivity index (χ0) is 15.2. The highest BCUT2D eigenvalue weighted by Crippen LogP contribution is 2.49. The van der Waals surface area contributed by atoms with Gasteiger partial charge in [0.15, 0.2) is 5.76 Å².